The number of carbonyl (C=O) groups is 1. The molecule has 0 saturated heterocycles. The summed E-state index contributed by atoms with van der Waals surface area (Å²) in [7, 11) is 3.34. The van der Waals surface area contributed by atoms with E-state index in [2.05, 4.69) is 0 Å². The molecule has 0 saturated carbocycles. The summed E-state index contributed by atoms with van der Waals surface area (Å²) in [4.78, 5) is 23.5. The Labute approximate surface area is 98.4 Å². The molecule has 88 valence electrons. The standard InChI is InChI=1S/C13H13NO3/c1-8(15)10-7-14(2)12-9(13(10)16)5-4-6-11(12)17-3/h4-7H,1-3H3. The third-order valence-corrected chi connectivity index (χ3v) is 2.76. The largest absolute Gasteiger partial charge is 0.495 e. The molecule has 0 atom stereocenters. The highest BCUT2D eigenvalue weighted by atomic mass is 16.5. The SMILES string of the molecule is COc1cccc2c(=O)c(C(C)=O)cn(C)c12. The Morgan fingerprint density at radius 3 is 2.65 bits per heavy atom. The quantitative estimate of drug-likeness (QED) is 0.740. The molecule has 0 bridgehead atoms. The average Bonchev–Trinajstić information content (AvgIpc) is 2.32. The van der Waals surface area contributed by atoms with Gasteiger partial charge in [0.15, 0.2) is 11.2 Å². The van der Waals surface area contributed by atoms with Crippen molar-refractivity contribution < 1.29 is 9.53 Å². The number of rotatable bonds is 2. The highest BCUT2D eigenvalue weighted by Gasteiger charge is 2.13. The van der Waals surface area contributed by atoms with Gasteiger partial charge in [0.05, 0.1) is 23.6 Å². The van der Waals surface area contributed by atoms with Gasteiger partial charge in [0, 0.05) is 13.2 Å². The van der Waals surface area contributed by atoms with Gasteiger partial charge in [-0.15, -0.1) is 0 Å². The first-order chi connectivity index (χ1) is 8.06. The van der Waals surface area contributed by atoms with Gasteiger partial charge in [-0.25, -0.2) is 0 Å². The minimum Gasteiger partial charge on any atom is -0.495 e. The molecule has 17 heavy (non-hydrogen) atoms. The predicted octanol–water partition coefficient (Wildman–Crippen LogP) is 1.75. The van der Waals surface area contributed by atoms with E-state index in [4.69, 9.17) is 4.74 Å². The number of carbonyl (C=O) groups excluding carboxylic acids is 1. The average molecular weight is 231 g/mol. The molecule has 2 rings (SSSR count). The summed E-state index contributed by atoms with van der Waals surface area (Å²) in [6.07, 6.45) is 1.55. The van der Waals surface area contributed by atoms with E-state index in [1.165, 1.54) is 6.92 Å². The van der Waals surface area contributed by atoms with E-state index >= 15 is 0 Å². The topological polar surface area (TPSA) is 48.3 Å². The number of methoxy groups -OCH3 is 1. The van der Waals surface area contributed by atoms with Crippen LogP contribution >= 0.6 is 0 Å². The van der Waals surface area contributed by atoms with Crippen LogP contribution in [-0.4, -0.2) is 17.5 Å². The minimum absolute atomic E-state index is 0.202. The maximum absolute atomic E-state index is 12.1. The highest BCUT2D eigenvalue weighted by Crippen LogP contribution is 2.22. The number of hydrogen-bond donors (Lipinski definition) is 0. The summed E-state index contributed by atoms with van der Waals surface area (Å²) in [5, 5.41) is 0.500. The molecule has 0 radical (unpaired) electrons. The van der Waals surface area contributed by atoms with E-state index < -0.39 is 0 Å². The maximum Gasteiger partial charge on any atom is 0.200 e. The van der Waals surface area contributed by atoms with Crippen molar-refractivity contribution in [3.05, 3.63) is 40.2 Å². The zero-order chi connectivity index (χ0) is 12.6. The Kier molecular flexibility index (Phi) is 2.71. The van der Waals surface area contributed by atoms with Crippen LogP contribution in [0.1, 0.15) is 17.3 Å². The molecule has 0 aliphatic rings. The monoisotopic (exact) mass is 231 g/mol. The third-order valence-electron chi connectivity index (χ3n) is 2.76. The van der Waals surface area contributed by atoms with Crippen LogP contribution in [-0.2, 0) is 7.05 Å². The molecule has 0 spiro atoms. The predicted molar refractivity (Wildman–Crippen MR) is 65.7 cm³/mol. The van der Waals surface area contributed by atoms with E-state index in [0.717, 1.165) is 0 Å². The summed E-state index contributed by atoms with van der Waals surface area (Å²) >= 11 is 0. The lowest BCUT2D eigenvalue weighted by Crippen LogP contribution is -2.16. The molecule has 0 unspecified atom stereocenters. The van der Waals surface area contributed by atoms with Crippen LogP contribution in [0.5, 0.6) is 5.75 Å². The molecule has 0 aliphatic heterocycles. The van der Waals surface area contributed by atoms with Crippen molar-refractivity contribution in [3.8, 4) is 5.75 Å². The van der Waals surface area contributed by atoms with Crippen LogP contribution in [0.25, 0.3) is 10.9 Å². The molecule has 4 nitrogen and oxygen atoms in total. The summed E-state index contributed by atoms with van der Waals surface area (Å²) < 4.78 is 6.96. The van der Waals surface area contributed by atoms with Crippen molar-refractivity contribution in [1.29, 1.82) is 0 Å². The molecule has 4 heteroatoms. The van der Waals surface area contributed by atoms with Crippen molar-refractivity contribution in [2.24, 2.45) is 7.05 Å². The van der Waals surface area contributed by atoms with Gasteiger partial charge in [-0.3, -0.25) is 9.59 Å². The first-order valence-corrected chi connectivity index (χ1v) is 5.23. The number of para-hydroxylation sites is 1. The number of aromatic nitrogens is 1. The lowest BCUT2D eigenvalue weighted by Gasteiger charge is -2.11. The smallest absolute Gasteiger partial charge is 0.200 e. The van der Waals surface area contributed by atoms with Crippen LogP contribution in [0.15, 0.2) is 29.2 Å². The number of hydrogen-bond acceptors (Lipinski definition) is 3. The zero-order valence-corrected chi connectivity index (χ0v) is 9.98. The lowest BCUT2D eigenvalue weighted by molar-refractivity contribution is 0.101. The Hall–Kier alpha value is -2.10. The first kappa shape index (κ1) is 11.4. The minimum atomic E-state index is -0.246. The van der Waals surface area contributed by atoms with Crippen molar-refractivity contribution >= 4 is 16.7 Å². The number of pyridine rings is 1. The summed E-state index contributed by atoms with van der Waals surface area (Å²) in [6.45, 7) is 1.39. The van der Waals surface area contributed by atoms with Crippen molar-refractivity contribution in [2.45, 2.75) is 6.92 Å². The Bertz CT molecular complexity index is 655. The fourth-order valence-electron chi connectivity index (χ4n) is 1.95. The number of ether oxygens (including phenoxy) is 1. The van der Waals surface area contributed by atoms with E-state index in [1.54, 1.807) is 43.1 Å². The second kappa shape index (κ2) is 4.05. The summed E-state index contributed by atoms with van der Waals surface area (Å²) in [5.74, 6) is 0.396. The van der Waals surface area contributed by atoms with Crippen molar-refractivity contribution in [1.82, 2.24) is 4.57 Å². The zero-order valence-electron chi connectivity index (χ0n) is 9.98. The van der Waals surface area contributed by atoms with Crippen LogP contribution in [0.4, 0.5) is 0 Å². The molecule has 1 aromatic heterocycles. The lowest BCUT2D eigenvalue weighted by atomic mass is 10.1. The molecule has 2 aromatic rings. The van der Waals surface area contributed by atoms with Gasteiger partial charge in [0.1, 0.15) is 5.75 Å². The van der Waals surface area contributed by atoms with Crippen molar-refractivity contribution in [3.63, 3.8) is 0 Å². The molecule has 0 fully saturated rings. The summed E-state index contributed by atoms with van der Waals surface area (Å²) in [5.41, 5.74) is 0.655. The molecule has 0 N–H and O–H groups in total. The van der Waals surface area contributed by atoms with Gasteiger partial charge in [0.2, 0.25) is 0 Å². The number of Topliss-reactive ketones (excluding diaryl/α,β-unsaturated/α-hetero) is 1. The van der Waals surface area contributed by atoms with Gasteiger partial charge < -0.3 is 9.30 Å². The van der Waals surface area contributed by atoms with E-state index in [-0.39, 0.29) is 16.8 Å². The Morgan fingerprint density at radius 2 is 2.06 bits per heavy atom. The number of benzene rings is 1. The van der Waals surface area contributed by atoms with Gasteiger partial charge in [0.25, 0.3) is 0 Å². The highest BCUT2D eigenvalue weighted by molar-refractivity contribution is 5.98. The maximum atomic E-state index is 12.1. The molecule has 1 heterocycles. The normalized spacial score (nSPS) is 10.5. The molecular weight excluding hydrogens is 218 g/mol. The Morgan fingerprint density at radius 1 is 1.35 bits per heavy atom. The van der Waals surface area contributed by atoms with Crippen LogP contribution in [0, 0.1) is 0 Å². The second-order valence-corrected chi connectivity index (χ2v) is 3.90. The molecular formula is C13H13NO3. The number of ketones is 1. The van der Waals surface area contributed by atoms with Gasteiger partial charge in [-0.1, -0.05) is 6.07 Å². The molecule has 0 amide bonds. The number of fused-ring (bicyclic) bond motifs is 1. The third kappa shape index (κ3) is 1.71. The summed E-state index contributed by atoms with van der Waals surface area (Å²) in [6, 6.07) is 5.23. The number of aryl methyl sites for hydroxylation is 1. The van der Waals surface area contributed by atoms with E-state index in [9.17, 15) is 9.59 Å². The fraction of sp³-hybridized carbons (Fsp3) is 0.231. The van der Waals surface area contributed by atoms with Crippen LogP contribution < -0.4 is 10.2 Å². The van der Waals surface area contributed by atoms with Crippen LogP contribution in [0.2, 0.25) is 0 Å². The van der Waals surface area contributed by atoms with Crippen LogP contribution in [0.3, 0.4) is 0 Å². The molecule has 1 aromatic carbocycles. The van der Waals surface area contributed by atoms with Gasteiger partial charge in [-0.05, 0) is 19.1 Å². The van der Waals surface area contributed by atoms with E-state index in [1.807, 2.05) is 0 Å². The fourth-order valence-corrected chi connectivity index (χ4v) is 1.95. The van der Waals surface area contributed by atoms with Gasteiger partial charge in [-0.2, -0.15) is 0 Å². The van der Waals surface area contributed by atoms with Gasteiger partial charge >= 0.3 is 0 Å². The number of nitrogens with zero attached hydrogens (tertiary/aromatic N) is 1. The first-order valence-electron chi connectivity index (χ1n) is 5.23. The van der Waals surface area contributed by atoms with E-state index in [0.29, 0.717) is 16.7 Å². The second-order valence-electron chi connectivity index (χ2n) is 3.90. The van der Waals surface area contributed by atoms with Crippen molar-refractivity contribution in [2.75, 3.05) is 7.11 Å². The Balaban J connectivity index is 2.97. The molecule has 0 aliphatic carbocycles.